The third-order valence-electron chi connectivity index (χ3n) is 4.98. The number of halogens is 4. The van der Waals surface area contributed by atoms with Crippen LogP contribution in [-0.4, -0.2) is 32.0 Å². The molecule has 1 aliphatic carbocycles. The Balaban J connectivity index is 1.24. The molecule has 0 atom stereocenters. The van der Waals surface area contributed by atoms with Crippen LogP contribution in [0.2, 0.25) is 5.02 Å². The molecule has 1 N–H and O–H groups in total. The first-order chi connectivity index (χ1) is 15.3. The molecule has 0 radical (unpaired) electrons. The lowest BCUT2D eigenvalue weighted by molar-refractivity contribution is -0.141. The number of benzene rings is 1. The number of amides is 1. The van der Waals surface area contributed by atoms with Gasteiger partial charge in [-0.2, -0.15) is 23.4 Å². The number of rotatable bonds is 9. The van der Waals surface area contributed by atoms with Gasteiger partial charge in [0.15, 0.2) is 12.4 Å². The van der Waals surface area contributed by atoms with Crippen LogP contribution in [0.5, 0.6) is 5.75 Å². The number of ether oxygens (including phenoxy) is 1. The topological polar surface area (TPSA) is 74.0 Å². The van der Waals surface area contributed by atoms with E-state index in [0.717, 1.165) is 18.9 Å². The minimum atomic E-state index is -4.46. The number of aromatic nitrogens is 4. The number of carbonyl (C=O) groups is 1. The Hall–Kier alpha value is -3.01. The Kier molecular flexibility index (Phi) is 6.40. The first-order valence-corrected chi connectivity index (χ1v) is 10.5. The van der Waals surface area contributed by atoms with Crippen molar-refractivity contribution in [2.75, 3.05) is 6.54 Å². The summed E-state index contributed by atoms with van der Waals surface area (Å²) < 4.78 is 47.3. The van der Waals surface area contributed by atoms with Gasteiger partial charge in [-0.05, 0) is 55.7 Å². The van der Waals surface area contributed by atoms with Gasteiger partial charge in [0.25, 0.3) is 5.91 Å². The molecule has 7 nitrogen and oxygen atoms in total. The van der Waals surface area contributed by atoms with Gasteiger partial charge in [0.05, 0.1) is 0 Å². The zero-order chi connectivity index (χ0) is 22.7. The van der Waals surface area contributed by atoms with E-state index < -0.39 is 11.9 Å². The first kappa shape index (κ1) is 22.2. The molecule has 1 aromatic carbocycles. The van der Waals surface area contributed by atoms with Crippen molar-refractivity contribution in [3.63, 3.8) is 0 Å². The number of carbonyl (C=O) groups excluding carboxylic acids is 1. The van der Waals surface area contributed by atoms with Crippen LogP contribution >= 0.6 is 11.6 Å². The molecule has 3 aromatic rings. The molecule has 1 amide bonds. The second-order valence-electron chi connectivity index (χ2n) is 7.53. The van der Waals surface area contributed by atoms with Crippen molar-refractivity contribution in [2.45, 2.75) is 44.6 Å². The van der Waals surface area contributed by atoms with Crippen molar-refractivity contribution in [1.82, 2.24) is 24.9 Å². The van der Waals surface area contributed by atoms with Crippen LogP contribution in [0.25, 0.3) is 0 Å². The summed E-state index contributed by atoms with van der Waals surface area (Å²) in [5, 5.41) is 11.2. The highest BCUT2D eigenvalue weighted by Crippen LogP contribution is 2.42. The normalized spacial score (nSPS) is 13.9. The van der Waals surface area contributed by atoms with E-state index in [-0.39, 0.29) is 30.8 Å². The number of hydrogen-bond acceptors (Lipinski definition) is 4. The molecule has 2 heterocycles. The van der Waals surface area contributed by atoms with Crippen molar-refractivity contribution in [3.05, 3.63) is 64.7 Å². The molecule has 1 saturated carbocycles. The van der Waals surface area contributed by atoms with Gasteiger partial charge in [-0.25, -0.2) is 4.68 Å². The largest absolute Gasteiger partial charge is 0.471 e. The second-order valence-corrected chi connectivity index (χ2v) is 7.96. The van der Waals surface area contributed by atoms with Crippen LogP contribution in [0.3, 0.4) is 0 Å². The van der Waals surface area contributed by atoms with Gasteiger partial charge in [0, 0.05) is 35.9 Å². The fourth-order valence-electron chi connectivity index (χ4n) is 3.20. The van der Waals surface area contributed by atoms with E-state index in [1.807, 2.05) is 0 Å². The molecule has 0 unspecified atom stereocenters. The molecular weight excluding hydrogens is 447 g/mol. The van der Waals surface area contributed by atoms with Crippen molar-refractivity contribution in [3.8, 4) is 5.75 Å². The van der Waals surface area contributed by atoms with Gasteiger partial charge >= 0.3 is 6.18 Å². The van der Waals surface area contributed by atoms with Crippen molar-refractivity contribution in [1.29, 1.82) is 0 Å². The molecule has 32 heavy (non-hydrogen) atoms. The van der Waals surface area contributed by atoms with Crippen LogP contribution in [0, 0.1) is 0 Å². The monoisotopic (exact) mass is 467 g/mol. The highest BCUT2D eigenvalue weighted by molar-refractivity contribution is 6.30. The predicted molar refractivity (Wildman–Crippen MR) is 110 cm³/mol. The minimum absolute atomic E-state index is 0.125. The molecule has 11 heteroatoms. The lowest BCUT2D eigenvalue weighted by Gasteiger charge is -2.08. The van der Waals surface area contributed by atoms with Crippen LogP contribution in [0.1, 0.15) is 47.1 Å². The van der Waals surface area contributed by atoms with Gasteiger partial charge in [0.1, 0.15) is 11.4 Å². The van der Waals surface area contributed by atoms with Gasteiger partial charge in [-0.15, -0.1) is 0 Å². The van der Waals surface area contributed by atoms with E-state index in [9.17, 15) is 18.0 Å². The van der Waals surface area contributed by atoms with E-state index in [2.05, 4.69) is 15.5 Å². The Morgan fingerprint density at radius 2 is 1.94 bits per heavy atom. The summed E-state index contributed by atoms with van der Waals surface area (Å²) in [6.07, 6.45) is -0.632. The average molecular weight is 468 g/mol. The van der Waals surface area contributed by atoms with Crippen LogP contribution in [-0.2, 0) is 19.5 Å². The summed E-state index contributed by atoms with van der Waals surface area (Å²) in [5.74, 6) is 0.398. The quantitative estimate of drug-likeness (QED) is 0.471. The highest BCUT2D eigenvalue weighted by Gasteiger charge is 2.37. The summed E-state index contributed by atoms with van der Waals surface area (Å²) in [6.45, 7) is 0.712. The minimum Gasteiger partial charge on any atom is -0.471 e. The van der Waals surface area contributed by atoms with Crippen molar-refractivity contribution >= 4 is 17.5 Å². The number of alkyl halides is 3. The SMILES string of the molecule is O=C(NCCCn1nc(C(F)(F)F)cc1C1CC1)c1ccn(COc2ccc(Cl)cc2)n1. The molecule has 1 aliphatic rings. The predicted octanol–water partition coefficient (Wildman–Crippen LogP) is 4.49. The average Bonchev–Trinajstić information content (AvgIpc) is 3.31. The number of nitrogens with zero attached hydrogens (tertiary/aromatic N) is 4. The van der Waals surface area contributed by atoms with Gasteiger partial charge < -0.3 is 10.1 Å². The molecule has 0 saturated heterocycles. The molecule has 0 bridgehead atoms. The molecule has 170 valence electrons. The Labute approximate surface area is 187 Å². The van der Waals surface area contributed by atoms with Crippen LogP contribution in [0.4, 0.5) is 13.2 Å². The van der Waals surface area contributed by atoms with Crippen LogP contribution < -0.4 is 10.1 Å². The van der Waals surface area contributed by atoms with Gasteiger partial charge in [-0.3, -0.25) is 9.48 Å². The van der Waals surface area contributed by atoms with Crippen LogP contribution in [0.15, 0.2) is 42.6 Å². The third kappa shape index (κ3) is 5.61. The molecular formula is C21H21ClF3N5O2. The maximum Gasteiger partial charge on any atom is 0.435 e. The number of hydrogen-bond donors (Lipinski definition) is 1. The summed E-state index contributed by atoms with van der Waals surface area (Å²) in [7, 11) is 0. The van der Waals surface area contributed by atoms with E-state index in [1.54, 1.807) is 36.5 Å². The zero-order valence-corrected chi connectivity index (χ0v) is 17.7. The Bertz CT molecular complexity index is 1070. The smallest absolute Gasteiger partial charge is 0.435 e. The van der Waals surface area contributed by atoms with E-state index in [0.29, 0.717) is 29.4 Å². The summed E-state index contributed by atoms with van der Waals surface area (Å²) in [6, 6.07) is 9.57. The first-order valence-electron chi connectivity index (χ1n) is 10.1. The molecule has 0 spiro atoms. The van der Waals surface area contributed by atoms with E-state index in [1.165, 1.54) is 9.36 Å². The van der Waals surface area contributed by atoms with E-state index >= 15 is 0 Å². The molecule has 0 aliphatic heterocycles. The van der Waals surface area contributed by atoms with E-state index in [4.69, 9.17) is 16.3 Å². The lowest BCUT2D eigenvalue weighted by Crippen LogP contribution is -2.26. The van der Waals surface area contributed by atoms with Gasteiger partial charge in [-0.1, -0.05) is 11.6 Å². The molecule has 1 fully saturated rings. The summed E-state index contributed by atoms with van der Waals surface area (Å²) in [5.41, 5.74) is -0.0281. The lowest BCUT2D eigenvalue weighted by atomic mass is 10.2. The fraction of sp³-hybridized carbons (Fsp3) is 0.381. The maximum absolute atomic E-state index is 13.0. The van der Waals surface area contributed by atoms with Crippen molar-refractivity contribution in [2.24, 2.45) is 0 Å². The number of aryl methyl sites for hydroxylation is 1. The molecule has 2 aromatic heterocycles. The third-order valence-corrected chi connectivity index (χ3v) is 5.23. The fourth-order valence-corrected chi connectivity index (χ4v) is 3.33. The van der Waals surface area contributed by atoms with Gasteiger partial charge in [0.2, 0.25) is 0 Å². The summed E-state index contributed by atoms with van der Waals surface area (Å²) >= 11 is 5.83. The zero-order valence-electron chi connectivity index (χ0n) is 17.0. The van der Waals surface area contributed by atoms with Crippen molar-refractivity contribution < 1.29 is 22.7 Å². The molecule has 4 rings (SSSR count). The highest BCUT2D eigenvalue weighted by atomic mass is 35.5. The Morgan fingerprint density at radius 3 is 2.62 bits per heavy atom. The standard InChI is InChI=1S/C21H21ClF3N5O2/c22-15-4-6-16(7-5-15)32-13-29-11-8-17(27-29)20(31)26-9-1-10-30-18(14-2-3-14)12-19(28-30)21(23,24)25/h4-8,11-12,14H,1-3,9-10,13H2,(H,26,31). The second kappa shape index (κ2) is 9.23. The maximum atomic E-state index is 13.0. The summed E-state index contributed by atoms with van der Waals surface area (Å²) in [4.78, 5) is 12.3. The number of nitrogens with one attached hydrogen (secondary N) is 1. The Morgan fingerprint density at radius 1 is 1.19 bits per heavy atom.